The van der Waals surface area contributed by atoms with Crippen molar-refractivity contribution < 1.29 is 4.39 Å². The van der Waals surface area contributed by atoms with Gasteiger partial charge in [-0.15, -0.1) is 0 Å². The molecule has 0 N–H and O–H groups in total. The van der Waals surface area contributed by atoms with E-state index >= 15 is 0 Å². The number of hydrogen-bond donors (Lipinski definition) is 0. The molecular formula is C13H18FN. The van der Waals surface area contributed by atoms with E-state index in [1.54, 1.807) is 0 Å². The van der Waals surface area contributed by atoms with Crippen LogP contribution in [0.1, 0.15) is 43.4 Å². The van der Waals surface area contributed by atoms with E-state index < -0.39 is 0 Å². The van der Waals surface area contributed by atoms with Crippen LogP contribution in [-0.2, 0) is 13.0 Å². The highest BCUT2D eigenvalue weighted by atomic mass is 19.1. The van der Waals surface area contributed by atoms with Crippen molar-refractivity contribution in [3.8, 4) is 0 Å². The average Bonchev–Trinajstić information content (AvgIpc) is 2.20. The molecule has 0 saturated carbocycles. The molecule has 0 aliphatic carbocycles. The molecule has 1 rings (SSSR count). The molecule has 0 spiro atoms. The summed E-state index contributed by atoms with van der Waals surface area (Å²) < 4.78 is 14.1. The summed E-state index contributed by atoms with van der Waals surface area (Å²) in [5.41, 5.74) is 2.51. The largest absolute Gasteiger partial charge is 0.296 e. The molecule has 0 saturated heterocycles. The van der Waals surface area contributed by atoms with Crippen molar-refractivity contribution in [2.45, 2.75) is 39.7 Å². The van der Waals surface area contributed by atoms with Crippen molar-refractivity contribution in [1.29, 1.82) is 0 Å². The second kappa shape index (κ2) is 5.06. The fourth-order valence-corrected chi connectivity index (χ4v) is 1.74. The monoisotopic (exact) mass is 207 g/mol. The maximum atomic E-state index is 14.1. The van der Waals surface area contributed by atoms with E-state index in [1.165, 1.54) is 0 Å². The highest BCUT2D eigenvalue weighted by Gasteiger charge is 2.13. The number of rotatable bonds is 4. The van der Waals surface area contributed by atoms with Crippen molar-refractivity contribution in [2.75, 3.05) is 0 Å². The first-order valence-corrected chi connectivity index (χ1v) is 5.34. The van der Waals surface area contributed by atoms with E-state index in [0.717, 1.165) is 17.5 Å². The molecular weight excluding hydrogens is 189 g/mol. The molecule has 0 aromatic heterocycles. The molecule has 0 heterocycles. The SMILES string of the molecule is C=NCc1c(CC)ccc(C(C)C)c1F. The van der Waals surface area contributed by atoms with Crippen molar-refractivity contribution >= 4 is 6.72 Å². The average molecular weight is 207 g/mol. The predicted octanol–water partition coefficient (Wildman–Crippen LogP) is 3.71. The number of hydrogen-bond acceptors (Lipinski definition) is 1. The lowest BCUT2D eigenvalue weighted by Gasteiger charge is -2.13. The number of halogens is 1. The van der Waals surface area contributed by atoms with Gasteiger partial charge in [0, 0.05) is 5.56 Å². The smallest absolute Gasteiger partial charge is 0.131 e. The molecule has 0 unspecified atom stereocenters. The Balaban J connectivity index is 3.28. The number of aryl methyl sites for hydroxylation is 1. The van der Waals surface area contributed by atoms with Crippen LogP contribution in [0.25, 0.3) is 0 Å². The summed E-state index contributed by atoms with van der Waals surface area (Å²) in [7, 11) is 0. The Morgan fingerprint density at radius 1 is 1.40 bits per heavy atom. The maximum Gasteiger partial charge on any atom is 0.131 e. The second-order valence-corrected chi connectivity index (χ2v) is 4.00. The van der Waals surface area contributed by atoms with Crippen molar-refractivity contribution in [3.63, 3.8) is 0 Å². The van der Waals surface area contributed by atoms with E-state index in [-0.39, 0.29) is 11.7 Å². The van der Waals surface area contributed by atoms with Crippen molar-refractivity contribution in [2.24, 2.45) is 4.99 Å². The van der Waals surface area contributed by atoms with Gasteiger partial charge < -0.3 is 0 Å². The van der Waals surface area contributed by atoms with E-state index in [1.807, 2.05) is 32.9 Å². The van der Waals surface area contributed by atoms with Crippen LogP contribution in [0.2, 0.25) is 0 Å². The summed E-state index contributed by atoms with van der Waals surface area (Å²) >= 11 is 0. The van der Waals surface area contributed by atoms with Crippen LogP contribution in [0.4, 0.5) is 4.39 Å². The number of benzene rings is 1. The van der Waals surface area contributed by atoms with E-state index in [0.29, 0.717) is 12.1 Å². The minimum absolute atomic E-state index is 0.100. The number of nitrogens with zero attached hydrogens (tertiary/aromatic N) is 1. The molecule has 2 heteroatoms. The predicted molar refractivity (Wildman–Crippen MR) is 63.1 cm³/mol. The third-order valence-corrected chi connectivity index (χ3v) is 2.64. The standard InChI is InChI=1S/C13H18FN/c1-5-10-6-7-11(9(2)3)13(14)12(10)8-15-4/h6-7,9H,4-5,8H2,1-3H3. The highest BCUT2D eigenvalue weighted by Crippen LogP contribution is 2.24. The lowest BCUT2D eigenvalue weighted by molar-refractivity contribution is 0.580. The first kappa shape index (κ1) is 11.9. The van der Waals surface area contributed by atoms with Crippen LogP contribution >= 0.6 is 0 Å². The van der Waals surface area contributed by atoms with Gasteiger partial charge in [0.25, 0.3) is 0 Å². The minimum Gasteiger partial charge on any atom is -0.296 e. The summed E-state index contributed by atoms with van der Waals surface area (Å²) in [6.07, 6.45) is 0.833. The molecule has 0 atom stereocenters. The van der Waals surface area contributed by atoms with E-state index in [9.17, 15) is 4.39 Å². The zero-order valence-electron chi connectivity index (χ0n) is 9.68. The van der Waals surface area contributed by atoms with Gasteiger partial charge in [-0.1, -0.05) is 32.9 Å². The van der Waals surface area contributed by atoms with Gasteiger partial charge in [0.15, 0.2) is 0 Å². The summed E-state index contributed by atoms with van der Waals surface area (Å²) in [6.45, 7) is 9.82. The topological polar surface area (TPSA) is 12.4 Å². The highest BCUT2D eigenvalue weighted by molar-refractivity contribution is 5.36. The fourth-order valence-electron chi connectivity index (χ4n) is 1.74. The molecule has 1 aromatic rings. The number of aliphatic imine (C=N–C) groups is 1. The maximum absolute atomic E-state index is 14.1. The molecule has 82 valence electrons. The normalized spacial score (nSPS) is 10.7. The van der Waals surface area contributed by atoms with Gasteiger partial charge in [-0.2, -0.15) is 0 Å². The molecule has 0 aliphatic rings. The van der Waals surface area contributed by atoms with Crippen LogP contribution in [0.5, 0.6) is 0 Å². The zero-order valence-corrected chi connectivity index (χ0v) is 9.68. The minimum atomic E-state index is -0.100. The summed E-state index contributed by atoms with van der Waals surface area (Å²) in [5, 5.41) is 0. The first-order chi connectivity index (χ1) is 7.11. The first-order valence-electron chi connectivity index (χ1n) is 5.34. The van der Waals surface area contributed by atoms with Gasteiger partial charge in [-0.3, -0.25) is 4.99 Å². The molecule has 15 heavy (non-hydrogen) atoms. The molecule has 1 nitrogen and oxygen atoms in total. The Morgan fingerprint density at radius 2 is 2.07 bits per heavy atom. The van der Waals surface area contributed by atoms with Crippen LogP contribution in [0, 0.1) is 5.82 Å². The zero-order chi connectivity index (χ0) is 11.4. The van der Waals surface area contributed by atoms with Gasteiger partial charge in [-0.25, -0.2) is 4.39 Å². The van der Waals surface area contributed by atoms with Crippen molar-refractivity contribution in [1.82, 2.24) is 0 Å². The Morgan fingerprint density at radius 3 is 2.53 bits per heavy atom. The summed E-state index contributed by atoms with van der Waals surface area (Å²) in [6, 6.07) is 3.88. The van der Waals surface area contributed by atoms with Gasteiger partial charge in [-0.05, 0) is 30.2 Å². The third-order valence-electron chi connectivity index (χ3n) is 2.64. The van der Waals surface area contributed by atoms with Crippen LogP contribution in [-0.4, -0.2) is 6.72 Å². The van der Waals surface area contributed by atoms with Gasteiger partial charge >= 0.3 is 0 Å². The summed E-state index contributed by atoms with van der Waals surface area (Å²) in [4.78, 5) is 3.79. The molecule has 0 aliphatic heterocycles. The molecule has 1 aromatic carbocycles. The molecule has 0 bridgehead atoms. The lowest BCUT2D eigenvalue weighted by Crippen LogP contribution is -2.02. The fraction of sp³-hybridized carbons (Fsp3) is 0.462. The Labute approximate surface area is 91.0 Å². The van der Waals surface area contributed by atoms with Crippen LogP contribution < -0.4 is 0 Å². The Kier molecular flexibility index (Phi) is 4.01. The van der Waals surface area contributed by atoms with Crippen LogP contribution in [0.15, 0.2) is 17.1 Å². The lowest BCUT2D eigenvalue weighted by atomic mass is 9.95. The molecule has 0 fully saturated rings. The van der Waals surface area contributed by atoms with Gasteiger partial charge in [0.2, 0.25) is 0 Å². The summed E-state index contributed by atoms with van der Waals surface area (Å²) in [5.74, 6) is 0.108. The van der Waals surface area contributed by atoms with Gasteiger partial charge in [0.1, 0.15) is 5.82 Å². The van der Waals surface area contributed by atoms with Crippen LogP contribution in [0.3, 0.4) is 0 Å². The van der Waals surface area contributed by atoms with Gasteiger partial charge in [0.05, 0.1) is 6.54 Å². The quantitative estimate of drug-likeness (QED) is 0.667. The van der Waals surface area contributed by atoms with E-state index in [4.69, 9.17) is 0 Å². The third kappa shape index (κ3) is 2.44. The van der Waals surface area contributed by atoms with E-state index in [2.05, 4.69) is 11.7 Å². The second-order valence-electron chi connectivity index (χ2n) is 4.00. The molecule has 0 radical (unpaired) electrons. The molecule has 0 amide bonds. The van der Waals surface area contributed by atoms with Crippen molar-refractivity contribution in [3.05, 3.63) is 34.6 Å². The Bertz CT molecular complexity index is 356. The Hall–Kier alpha value is -1.18.